The summed E-state index contributed by atoms with van der Waals surface area (Å²) in [5.74, 6) is 0.800. The summed E-state index contributed by atoms with van der Waals surface area (Å²) in [4.78, 5) is 12.1. The van der Waals surface area contributed by atoms with Gasteiger partial charge in [0.05, 0.1) is 12.8 Å². The van der Waals surface area contributed by atoms with Gasteiger partial charge in [-0.2, -0.15) is 5.10 Å². The van der Waals surface area contributed by atoms with Gasteiger partial charge in [0.1, 0.15) is 5.75 Å². The van der Waals surface area contributed by atoms with Crippen LogP contribution in [0, 0.1) is 20.8 Å². The maximum atomic E-state index is 12.1. The molecule has 0 saturated carbocycles. The zero-order valence-electron chi connectivity index (χ0n) is 14.4. The number of rotatable bonds is 5. The largest absolute Gasteiger partial charge is 0.496 e. The molecule has 2 aromatic rings. The van der Waals surface area contributed by atoms with E-state index in [9.17, 15) is 4.79 Å². The Morgan fingerprint density at radius 3 is 2.61 bits per heavy atom. The fraction of sp³-hybridized carbons (Fsp3) is 0.412. The normalized spacial score (nSPS) is 10.5. The highest BCUT2D eigenvalue weighted by Gasteiger charge is 2.12. The third-order valence-corrected chi connectivity index (χ3v) is 3.91. The average molecular weight is 316 g/mol. The molecule has 0 spiro atoms. The number of carbonyl (C=O) groups is 1. The van der Waals surface area contributed by atoms with E-state index >= 15 is 0 Å². The van der Waals surface area contributed by atoms with E-state index in [-0.39, 0.29) is 6.03 Å². The average Bonchev–Trinajstić information content (AvgIpc) is 2.79. The second-order valence-corrected chi connectivity index (χ2v) is 5.46. The second kappa shape index (κ2) is 7.17. The van der Waals surface area contributed by atoms with Gasteiger partial charge in [0.15, 0.2) is 0 Å². The number of aromatic nitrogens is 2. The van der Waals surface area contributed by atoms with E-state index in [1.165, 1.54) is 0 Å². The maximum Gasteiger partial charge on any atom is 0.319 e. The molecule has 2 amide bonds. The number of anilines is 1. The van der Waals surface area contributed by atoms with Crippen molar-refractivity contribution < 1.29 is 9.53 Å². The Kier molecular flexibility index (Phi) is 5.26. The van der Waals surface area contributed by atoms with E-state index in [4.69, 9.17) is 4.74 Å². The predicted octanol–water partition coefficient (Wildman–Crippen LogP) is 3.16. The molecule has 0 unspecified atom stereocenters. The van der Waals surface area contributed by atoms with Crippen LogP contribution >= 0.6 is 0 Å². The maximum absolute atomic E-state index is 12.1. The van der Waals surface area contributed by atoms with Gasteiger partial charge >= 0.3 is 6.03 Å². The van der Waals surface area contributed by atoms with Gasteiger partial charge in [0.2, 0.25) is 0 Å². The standard InChI is InChI=1S/C17H24N4O2/c1-6-21-13(4)15(12(3)20-21)10-18-17(22)19-14-7-8-16(23-5)11(2)9-14/h7-9H,6,10H2,1-5H3,(H2,18,19,22). The zero-order chi connectivity index (χ0) is 17.0. The minimum atomic E-state index is -0.238. The molecule has 23 heavy (non-hydrogen) atoms. The molecule has 2 N–H and O–H groups in total. The van der Waals surface area contributed by atoms with E-state index in [1.807, 2.05) is 43.7 Å². The predicted molar refractivity (Wildman–Crippen MR) is 91.0 cm³/mol. The Morgan fingerprint density at radius 2 is 2.04 bits per heavy atom. The number of ether oxygens (including phenoxy) is 1. The van der Waals surface area contributed by atoms with Crippen LogP contribution in [0.25, 0.3) is 0 Å². The van der Waals surface area contributed by atoms with Gasteiger partial charge in [0, 0.05) is 30.0 Å². The molecular formula is C17H24N4O2. The van der Waals surface area contributed by atoms with Crippen molar-refractivity contribution in [3.8, 4) is 5.75 Å². The van der Waals surface area contributed by atoms with Crippen LogP contribution in [0.3, 0.4) is 0 Å². The molecule has 2 rings (SSSR count). The molecule has 124 valence electrons. The lowest BCUT2D eigenvalue weighted by Crippen LogP contribution is -2.28. The first-order valence-electron chi connectivity index (χ1n) is 7.68. The Hall–Kier alpha value is -2.50. The Bertz CT molecular complexity index is 707. The number of nitrogens with zero attached hydrogens (tertiary/aromatic N) is 2. The van der Waals surface area contributed by atoms with Crippen LogP contribution in [0.4, 0.5) is 10.5 Å². The molecule has 0 saturated heterocycles. The molecule has 0 radical (unpaired) electrons. The fourth-order valence-corrected chi connectivity index (χ4v) is 2.60. The van der Waals surface area contributed by atoms with Crippen molar-refractivity contribution in [3.05, 3.63) is 40.7 Å². The summed E-state index contributed by atoms with van der Waals surface area (Å²) in [5.41, 5.74) is 4.81. The van der Waals surface area contributed by atoms with Crippen molar-refractivity contribution in [1.82, 2.24) is 15.1 Å². The highest BCUT2D eigenvalue weighted by molar-refractivity contribution is 5.89. The number of amides is 2. The summed E-state index contributed by atoms with van der Waals surface area (Å²) in [6.45, 7) is 9.25. The number of nitrogens with one attached hydrogen (secondary N) is 2. The minimum Gasteiger partial charge on any atom is -0.496 e. The number of hydrogen-bond donors (Lipinski definition) is 2. The Morgan fingerprint density at radius 1 is 1.30 bits per heavy atom. The van der Waals surface area contributed by atoms with Crippen LogP contribution in [0.15, 0.2) is 18.2 Å². The molecule has 6 nitrogen and oxygen atoms in total. The summed E-state index contributed by atoms with van der Waals surface area (Å²) < 4.78 is 7.15. The van der Waals surface area contributed by atoms with E-state index in [1.54, 1.807) is 7.11 Å². The van der Waals surface area contributed by atoms with Gasteiger partial charge in [-0.25, -0.2) is 4.79 Å². The number of hydrogen-bond acceptors (Lipinski definition) is 3. The van der Waals surface area contributed by atoms with Crippen LogP contribution in [-0.4, -0.2) is 22.9 Å². The van der Waals surface area contributed by atoms with Crippen molar-refractivity contribution >= 4 is 11.7 Å². The fourth-order valence-electron chi connectivity index (χ4n) is 2.60. The lowest BCUT2D eigenvalue weighted by molar-refractivity contribution is 0.251. The molecule has 0 bridgehead atoms. The molecule has 0 aliphatic rings. The number of carbonyl (C=O) groups excluding carboxylic acids is 1. The molecule has 6 heteroatoms. The summed E-state index contributed by atoms with van der Waals surface area (Å²) in [7, 11) is 1.63. The highest BCUT2D eigenvalue weighted by Crippen LogP contribution is 2.21. The Labute approximate surface area is 136 Å². The van der Waals surface area contributed by atoms with Crippen LogP contribution in [0.1, 0.15) is 29.4 Å². The van der Waals surface area contributed by atoms with Crippen molar-refractivity contribution in [2.24, 2.45) is 0 Å². The second-order valence-electron chi connectivity index (χ2n) is 5.46. The molecule has 0 aliphatic carbocycles. The summed E-state index contributed by atoms with van der Waals surface area (Å²) in [6.07, 6.45) is 0. The summed E-state index contributed by atoms with van der Waals surface area (Å²) in [6, 6.07) is 5.29. The molecule has 1 heterocycles. The van der Waals surface area contributed by atoms with E-state index in [0.29, 0.717) is 6.54 Å². The monoisotopic (exact) mass is 316 g/mol. The first-order chi connectivity index (χ1) is 11.0. The van der Waals surface area contributed by atoms with Crippen molar-refractivity contribution in [1.29, 1.82) is 0 Å². The smallest absolute Gasteiger partial charge is 0.319 e. The molecular weight excluding hydrogens is 292 g/mol. The van der Waals surface area contributed by atoms with Crippen LogP contribution < -0.4 is 15.4 Å². The topological polar surface area (TPSA) is 68.2 Å². The lowest BCUT2D eigenvalue weighted by Gasteiger charge is -2.10. The number of urea groups is 1. The number of benzene rings is 1. The van der Waals surface area contributed by atoms with Crippen LogP contribution in [-0.2, 0) is 13.1 Å². The van der Waals surface area contributed by atoms with E-state index < -0.39 is 0 Å². The zero-order valence-corrected chi connectivity index (χ0v) is 14.4. The molecule has 0 fully saturated rings. The van der Waals surface area contributed by atoms with Gasteiger partial charge in [-0.15, -0.1) is 0 Å². The summed E-state index contributed by atoms with van der Waals surface area (Å²) >= 11 is 0. The molecule has 1 aromatic carbocycles. The van der Waals surface area contributed by atoms with E-state index in [0.717, 1.165) is 40.5 Å². The third kappa shape index (κ3) is 3.83. The van der Waals surface area contributed by atoms with Crippen LogP contribution in [0.2, 0.25) is 0 Å². The molecule has 0 atom stereocenters. The minimum absolute atomic E-state index is 0.238. The first kappa shape index (κ1) is 16.9. The van der Waals surface area contributed by atoms with Gasteiger partial charge in [-0.1, -0.05) is 0 Å². The first-order valence-corrected chi connectivity index (χ1v) is 7.68. The quantitative estimate of drug-likeness (QED) is 0.890. The summed E-state index contributed by atoms with van der Waals surface area (Å²) in [5, 5.41) is 10.2. The van der Waals surface area contributed by atoms with E-state index in [2.05, 4.69) is 22.7 Å². The van der Waals surface area contributed by atoms with Crippen molar-refractivity contribution in [3.63, 3.8) is 0 Å². The van der Waals surface area contributed by atoms with Gasteiger partial charge in [0.25, 0.3) is 0 Å². The number of methoxy groups -OCH3 is 1. The number of aryl methyl sites for hydroxylation is 3. The van der Waals surface area contributed by atoms with Gasteiger partial charge < -0.3 is 15.4 Å². The van der Waals surface area contributed by atoms with Crippen LogP contribution in [0.5, 0.6) is 5.75 Å². The van der Waals surface area contributed by atoms with Crippen molar-refractivity contribution in [2.45, 2.75) is 40.8 Å². The molecule has 0 aliphatic heterocycles. The van der Waals surface area contributed by atoms with Gasteiger partial charge in [-0.3, -0.25) is 4.68 Å². The Balaban J connectivity index is 1.98. The highest BCUT2D eigenvalue weighted by atomic mass is 16.5. The lowest BCUT2D eigenvalue weighted by atomic mass is 10.2. The third-order valence-electron chi connectivity index (χ3n) is 3.91. The van der Waals surface area contributed by atoms with Gasteiger partial charge in [-0.05, 0) is 51.5 Å². The van der Waals surface area contributed by atoms with Crippen molar-refractivity contribution in [2.75, 3.05) is 12.4 Å². The molecule has 1 aromatic heterocycles. The SMILES string of the molecule is CCn1nc(C)c(CNC(=O)Nc2ccc(OC)c(C)c2)c1C.